The van der Waals surface area contributed by atoms with Crippen LogP contribution in [0.4, 0.5) is 0 Å². The second-order valence-electron chi connectivity index (χ2n) is 5.76. The normalized spacial score (nSPS) is 18.0. The van der Waals surface area contributed by atoms with Gasteiger partial charge in [-0.05, 0) is 53.8 Å². The lowest BCUT2D eigenvalue weighted by Gasteiger charge is -2.14. The molecule has 3 nitrogen and oxygen atoms in total. The average Bonchev–Trinajstić information content (AvgIpc) is 3.20. The lowest BCUT2D eigenvalue weighted by Crippen LogP contribution is -2.02. The van der Waals surface area contributed by atoms with Crippen molar-refractivity contribution in [3.8, 4) is 11.5 Å². The van der Waals surface area contributed by atoms with Gasteiger partial charge in [-0.15, -0.1) is 0 Å². The molecule has 1 N–H and O–H groups in total. The van der Waals surface area contributed by atoms with Crippen LogP contribution in [0.2, 0.25) is 0 Å². The molecule has 1 heterocycles. The molecule has 2 aromatic carbocycles. The molecule has 0 amide bonds. The molecular weight excluding hydrogens is 264 g/mol. The van der Waals surface area contributed by atoms with Crippen molar-refractivity contribution in [2.75, 3.05) is 6.61 Å². The van der Waals surface area contributed by atoms with E-state index in [0.717, 1.165) is 48.5 Å². The summed E-state index contributed by atoms with van der Waals surface area (Å²) in [6.07, 6.45) is 2.93. The number of fused-ring (bicyclic) bond motifs is 1. The van der Waals surface area contributed by atoms with Gasteiger partial charge in [-0.3, -0.25) is 0 Å². The van der Waals surface area contributed by atoms with Crippen molar-refractivity contribution >= 4 is 0 Å². The molecule has 1 atom stereocenters. The van der Waals surface area contributed by atoms with Crippen LogP contribution in [0.5, 0.6) is 11.5 Å². The Morgan fingerprint density at radius 1 is 1.10 bits per heavy atom. The summed E-state index contributed by atoms with van der Waals surface area (Å²) < 4.78 is 11.3. The van der Waals surface area contributed by atoms with Crippen LogP contribution in [0.1, 0.15) is 35.6 Å². The minimum Gasteiger partial charge on any atom is -0.493 e. The van der Waals surface area contributed by atoms with Crippen LogP contribution in [0, 0.1) is 0 Å². The van der Waals surface area contributed by atoms with Gasteiger partial charge >= 0.3 is 0 Å². The molecule has 0 aromatic heterocycles. The van der Waals surface area contributed by atoms with E-state index in [1.807, 2.05) is 42.5 Å². The van der Waals surface area contributed by atoms with E-state index in [-0.39, 0.29) is 0 Å². The topological polar surface area (TPSA) is 38.7 Å². The number of hydrogen-bond acceptors (Lipinski definition) is 3. The van der Waals surface area contributed by atoms with Gasteiger partial charge in [0.25, 0.3) is 0 Å². The van der Waals surface area contributed by atoms with Crippen LogP contribution >= 0.6 is 0 Å². The van der Waals surface area contributed by atoms with E-state index in [1.165, 1.54) is 5.56 Å². The van der Waals surface area contributed by atoms with Gasteiger partial charge < -0.3 is 14.6 Å². The van der Waals surface area contributed by atoms with Crippen molar-refractivity contribution in [2.45, 2.75) is 31.5 Å². The van der Waals surface area contributed by atoms with E-state index < -0.39 is 6.10 Å². The smallest absolute Gasteiger partial charge is 0.122 e. The van der Waals surface area contributed by atoms with Crippen LogP contribution < -0.4 is 9.47 Å². The summed E-state index contributed by atoms with van der Waals surface area (Å²) in [4.78, 5) is 0. The second-order valence-corrected chi connectivity index (χ2v) is 5.76. The number of benzene rings is 2. The molecule has 4 rings (SSSR count). The Morgan fingerprint density at radius 2 is 1.95 bits per heavy atom. The summed E-state index contributed by atoms with van der Waals surface area (Å²) in [6, 6.07) is 13.7. The number of aliphatic hydroxyl groups is 1. The fraction of sp³-hybridized carbons (Fsp3) is 0.333. The molecule has 3 heteroatoms. The molecule has 1 fully saturated rings. The zero-order valence-corrected chi connectivity index (χ0v) is 11.8. The van der Waals surface area contributed by atoms with Crippen molar-refractivity contribution in [1.29, 1.82) is 0 Å². The highest BCUT2D eigenvalue weighted by molar-refractivity contribution is 5.43. The maximum atomic E-state index is 10.6. The molecule has 0 spiro atoms. The van der Waals surface area contributed by atoms with Crippen LogP contribution in [0.3, 0.4) is 0 Å². The van der Waals surface area contributed by atoms with Gasteiger partial charge in [0.1, 0.15) is 17.6 Å². The molecule has 108 valence electrons. The number of rotatable bonds is 4. The van der Waals surface area contributed by atoms with E-state index in [9.17, 15) is 5.11 Å². The molecular formula is C18H18O3. The monoisotopic (exact) mass is 282 g/mol. The first-order valence-corrected chi connectivity index (χ1v) is 7.50. The highest BCUT2D eigenvalue weighted by Gasteiger charge is 2.24. The molecule has 1 aliphatic heterocycles. The van der Waals surface area contributed by atoms with Gasteiger partial charge in [-0.2, -0.15) is 0 Å². The molecule has 0 bridgehead atoms. The second kappa shape index (κ2) is 5.08. The van der Waals surface area contributed by atoms with Crippen LogP contribution in [0.15, 0.2) is 42.5 Å². The molecule has 1 saturated carbocycles. The van der Waals surface area contributed by atoms with Crippen LogP contribution in [-0.2, 0) is 6.42 Å². The van der Waals surface area contributed by atoms with Gasteiger partial charge in [0.2, 0.25) is 0 Å². The van der Waals surface area contributed by atoms with Crippen molar-refractivity contribution in [3.05, 3.63) is 59.2 Å². The first kappa shape index (κ1) is 12.7. The Labute approximate surface area is 124 Å². The maximum Gasteiger partial charge on any atom is 0.122 e. The Morgan fingerprint density at radius 3 is 2.81 bits per heavy atom. The lowest BCUT2D eigenvalue weighted by molar-refractivity contribution is 0.219. The molecule has 2 aromatic rings. The van der Waals surface area contributed by atoms with Crippen molar-refractivity contribution < 1.29 is 14.6 Å². The summed E-state index contributed by atoms with van der Waals surface area (Å²) in [5.41, 5.74) is 2.95. The fourth-order valence-corrected chi connectivity index (χ4v) is 2.71. The third-order valence-corrected chi connectivity index (χ3v) is 4.03. The lowest BCUT2D eigenvalue weighted by atomic mass is 9.99. The van der Waals surface area contributed by atoms with E-state index in [1.54, 1.807) is 0 Å². The fourth-order valence-electron chi connectivity index (χ4n) is 2.71. The molecule has 1 aliphatic carbocycles. The highest BCUT2D eigenvalue weighted by atomic mass is 16.5. The summed E-state index contributed by atoms with van der Waals surface area (Å²) >= 11 is 0. The Bertz CT molecular complexity index is 661. The minimum absolute atomic E-state index is 0.370. The van der Waals surface area contributed by atoms with E-state index in [2.05, 4.69) is 0 Å². The quantitative estimate of drug-likeness (QED) is 0.935. The Kier molecular flexibility index (Phi) is 3.08. The van der Waals surface area contributed by atoms with Crippen LogP contribution in [-0.4, -0.2) is 17.8 Å². The summed E-state index contributed by atoms with van der Waals surface area (Å²) in [7, 11) is 0. The van der Waals surface area contributed by atoms with Crippen LogP contribution in [0.25, 0.3) is 0 Å². The summed E-state index contributed by atoms with van der Waals surface area (Å²) in [5.74, 6) is 1.79. The van der Waals surface area contributed by atoms with Gasteiger partial charge in [0.05, 0.1) is 12.7 Å². The van der Waals surface area contributed by atoms with E-state index in [4.69, 9.17) is 9.47 Å². The predicted octanol–water partition coefficient (Wildman–Crippen LogP) is 3.24. The van der Waals surface area contributed by atoms with Gasteiger partial charge in [-0.25, -0.2) is 0 Å². The zero-order valence-electron chi connectivity index (χ0n) is 11.8. The largest absolute Gasteiger partial charge is 0.493 e. The molecule has 0 saturated heterocycles. The van der Waals surface area contributed by atoms with Crippen molar-refractivity contribution in [3.63, 3.8) is 0 Å². The van der Waals surface area contributed by atoms with Crippen molar-refractivity contribution in [1.82, 2.24) is 0 Å². The summed E-state index contributed by atoms with van der Waals surface area (Å²) in [5, 5.41) is 10.6. The maximum absolute atomic E-state index is 10.6. The van der Waals surface area contributed by atoms with E-state index in [0.29, 0.717) is 6.10 Å². The van der Waals surface area contributed by atoms with Gasteiger partial charge in [0, 0.05) is 6.42 Å². The summed E-state index contributed by atoms with van der Waals surface area (Å²) in [6.45, 7) is 0.736. The predicted molar refractivity (Wildman–Crippen MR) is 79.8 cm³/mol. The number of ether oxygens (including phenoxy) is 2. The number of aliphatic hydroxyl groups excluding tert-OH is 1. The third kappa shape index (κ3) is 2.61. The third-order valence-electron chi connectivity index (χ3n) is 4.03. The Hall–Kier alpha value is -2.00. The number of hydrogen-bond donors (Lipinski definition) is 1. The van der Waals surface area contributed by atoms with E-state index >= 15 is 0 Å². The SMILES string of the molecule is OC(c1cccc(OC2CC2)c1)c1ccc2c(c1)CCO2. The molecule has 1 unspecified atom stereocenters. The average molecular weight is 282 g/mol. The molecule has 21 heavy (non-hydrogen) atoms. The minimum atomic E-state index is -0.626. The van der Waals surface area contributed by atoms with Gasteiger partial charge in [0.15, 0.2) is 0 Å². The standard InChI is InChI=1S/C18H18O3/c19-18(14-4-7-17-12(10-14)8-9-20-17)13-2-1-3-16(11-13)21-15-5-6-15/h1-4,7,10-11,15,18-19H,5-6,8-9H2. The zero-order chi connectivity index (χ0) is 14.2. The molecule has 2 aliphatic rings. The Balaban J connectivity index is 1.59. The first-order chi connectivity index (χ1) is 10.3. The van der Waals surface area contributed by atoms with Crippen molar-refractivity contribution in [2.24, 2.45) is 0 Å². The first-order valence-electron chi connectivity index (χ1n) is 7.50. The molecule has 0 radical (unpaired) electrons. The van der Waals surface area contributed by atoms with Gasteiger partial charge in [-0.1, -0.05) is 18.2 Å². The highest BCUT2D eigenvalue weighted by Crippen LogP contribution is 2.32.